The van der Waals surface area contributed by atoms with Crippen LogP contribution in [0.3, 0.4) is 0 Å². The van der Waals surface area contributed by atoms with Gasteiger partial charge in [0.05, 0.1) is 0 Å². The van der Waals surface area contributed by atoms with Gasteiger partial charge in [0, 0.05) is 37.1 Å². The van der Waals surface area contributed by atoms with Crippen molar-refractivity contribution in [1.82, 2.24) is 15.5 Å². The molecular formula is C33H41ClF6N4O8. The molecule has 2 aromatic carbocycles. The summed E-state index contributed by atoms with van der Waals surface area (Å²) < 4.78 is 69.0. The molecule has 6 N–H and O–H groups in total. The quantitative estimate of drug-likeness (QED) is 0.0907. The SMILES string of the molecule is O=C(O)C(F)(F)F.O=C(O)C(F)(F)F.O=C1COc2c(CCNCCN(C(=O)CCNCCc3cccc(Cl)c3)C3CCCCC3)ccc(O)c2N1. The fourth-order valence-electron chi connectivity index (χ4n) is 5.25. The molecule has 2 aromatic rings. The Morgan fingerprint density at radius 2 is 1.48 bits per heavy atom. The number of rotatable bonds is 13. The largest absolute Gasteiger partial charge is 0.506 e. The number of benzene rings is 2. The molecule has 0 aromatic heterocycles. The summed E-state index contributed by atoms with van der Waals surface area (Å²) in [6.07, 6.45) is -2.33. The van der Waals surface area contributed by atoms with Gasteiger partial charge in [0.25, 0.3) is 5.91 Å². The van der Waals surface area contributed by atoms with Crippen molar-refractivity contribution in [3.8, 4) is 11.5 Å². The zero-order valence-electron chi connectivity index (χ0n) is 27.9. The van der Waals surface area contributed by atoms with Gasteiger partial charge in [-0.15, -0.1) is 0 Å². The summed E-state index contributed by atoms with van der Waals surface area (Å²) in [4.78, 5) is 44.7. The van der Waals surface area contributed by atoms with Crippen LogP contribution in [-0.4, -0.2) is 102 Å². The number of aromatic hydroxyl groups is 1. The highest BCUT2D eigenvalue weighted by Gasteiger charge is 2.39. The number of phenols is 1. The van der Waals surface area contributed by atoms with Gasteiger partial charge in [0.1, 0.15) is 11.4 Å². The average Bonchev–Trinajstić information content (AvgIpc) is 3.07. The second kappa shape index (κ2) is 21.3. The highest BCUT2D eigenvalue weighted by Crippen LogP contribution is 2.39. The van der Waals surface area contributed by atoms with E-state index >= 15 is 0 Å². The third kappa shape index (κ3) is 15.9. The fourth-order valence-corrected chi connectivity index (χ4v) is 5.46. The number of halogens is 7. The van der Waals surface area contributed by atoms with E-state index in [-0.39, 0.29) is 24.2 Å². The van der Waals surface area contributed by atoms with Crippen LogP contribution in [0, 0.1) is 0 Å². The number of hydrogen-bond donors (Lipinski definition) is 6. The molecule has 1 saturated carbocycles. The van der Waals surface area contributed by atoms with Crippen LogP contribution < -0.4 is 20.7 Å². The van der Waals surface area contributed by atoms with Crippen molar-refractivity contribution in [2.24, 2.45) is 0 Å². The van der Waals surface area contributed by atoms with E-state index in [9.17, 15) is 41.0 Å². The number of alkyl halides is 6. The zero-order valence-corrected chi connectivity index (χ0v) is 28.7. The Kier molecular flexibility index (Phi) is 18.0. The first-order valence-electron chi connectivity index (χ1n) is 16.2. The molecule has 0 spiro atoms. The molecule has 290 valence electrons. The van der Waals surface area contributed by atoms with Crippen molar-refractivity contribution >= 4 is 41.0 Å². The Morgan fingerprint density at radius 1 is 0.885 bits per heavy atom. The first-order valence-corrected chi connectivity index (χ1v) is 16.6. The van der Waals surface area contributed by atoms with Crippen LogP contribution >= 0.6 is 11.6 Å². The lowest BCUT2D eigenvalue weighted by Gasteiger charge is -2.34. The lowest BCUT2D eigenvalue weighted by molar-refractivity contribution is -0.193. The van der Waals surface area contributed by atoms with E-state index in [0.29, 0.717) is 56.5 Å². The molecule has 52 heavy (non-hydrogen) atoms. The van der Waals surface area contributed by atoms with Crippen molar-refractivity contribution in [2.75, 3.05) is 44.6 Å². The van der Waals surface area contributed by atoms with Gasteiger partial charge in [-0.2, -0.15) is 26.3 Å². The number of aliphatic carboxylic acids is 2. The Labute approximate surface area is 300 Å². The minimum absolute atomic E-state index is 0.00495. The van der Waals surface area contributed by atoms with Crippen LogP contribution in [0.5, 0.6) is 11.5 Å². The maximum atomic E-state index is 13.2. The predicted octanol–water partition coefficient (Wildman–Crippen LogP) is 5.16. The van der Waals surface area contributed by atoms with Crippen molar-refractivity contribution in [1.29, 1.82) is 0 Å². The minimum Gasteiger partial charge on any atom is -0.506 e. The highest BCUT2D eigenvalue weighted by molar-refractivity contribution is 6.30. The summed E-state index contributed by atoms with van der Waals surface area (Å²) >= 11 is 6.06. The molecular weight excluding hydrogens is 730 g/mol. The summed E-state index contributed by atoms with van der Waals surface area (Å²) in [6.45, 7) is 3.52. The molecule has 0 radical (unpaired) electrons. The second-order valence-electron chi connectivity index (χ2n) is 11.6. The number of hydrogen-bond acceptors (Lipinski definition) is 8. The number of ether oxygens (including phenoxy) is 1. The molecule has 1 aliphatic carbocycles. The van der Waals surface area contributed by atoms with E-state index < -0.39 is 24.3 Å². The van der Waals surface area contributed by atoms with Crippen molar-refractivity contribution in [2.45, 2.75) is 69.8 Å². The van der Waals surface area contributed by atoms with Crippen molar-refractivity contribution in [3.05, 3.63) is 52.5 Å². The smallest absolute Gasteiger partial charge is 0.490 e. The molecule has 0 saturated heterocycles. The van der Waals surface area contributed by atoms with Gasteiger partial charge in [0.15, 0.2) is 12.4 Å². The number of carbonyl (C=O) groups excluding carboxylic acids is 2. The lowest BCUT2D eigenvalue weighted by atomic mass is 9.94. The Bertz CT molecular complexity index is 1470. The molecule has 2 aliphatic rings. The number of nitrogens with zero attached hydrogens (tertiary/aromatic N) is 1. The van der Waals surface area contributed by atoms with Crippen LogP contribution in [-0.2, 0) is 32.0 Å². The molecule has 1 fully saturated rings. The highest BCUT2D eigenvalue weighted by atomic mass is 35.5. The molecule has 2 amide bonds. The van der Waals surface area contributed by atoms with Crippen molar-refractivity contribution in [3.63, 3.8) is 0 Å². The number of anilines is 1. The van der Waals surface area contributed by atoms with Crippen LogP contribution in [0.25, 0.3) is 0 Å². The predicted molar refractivity (Wildman–Crippen MR) is 177 cm³/mol. The number of carbonyl (C=O) groups is 4. The van der Waals surface area contributed by atoms with Gasteiger partial charge in [-0.3, -0.25) is 9.59 Å². The molecule has 12 nitrogen and oxygen atoms in total. The Morgan fingerprint density at radius 3 is 2.08 bits per heavy atom. The monoisotopic (exact) mass is 770 g/mol. The van der Waals surface area contributed by atoms with Gasteiger partial charge >= 0.3 is 24.3 Å². The summed E-state index contributed by atoms with van der Waals surface area (Å²) in [6, 6.07) is 11.6. The average molecular weight is 771 g/mol. The minimum atomic E-state index is -5.08. The molecule has 0 bridgehead atoms. The maximum Gasteiger partial charge on any atom is 0.490 e. The summed E-state index contributed by atoms with van der Waals surface area (Å²) in [5, 5.41) is 34.6. The molecule has 0 unspecified atom stereocenters. The van der Waals surface area contributed by atoms with Crippen LogP contribution in [0.2, 0.25) is 5.02 Å². The summed E-state index contributed by atoms with van der Waals surface area (Å²) in [5.41, 5.74) is 2.46. The normalized spacial score (nSPS) is 14.3. The van der Waals surface area contributed by atoms with Gasteiger partial charge in [-0.25, -0.2) is 9.59 Å². The first kappa shape index (κ1) is 43.9. The van der Waals surface area contributed by atoms with Gasteiger partial charge in [-0.05, 0) is 68.1 Å². The number of carboxylic acids is 2. The standard InChI is InChI=1S/C29H39ClN4O4.2C2HF3O2/c30-23-6-4-5-21(19-23)11-14-31-16-13-27(37)34(24-7-2-1-3-8-24)18-17-32-15-12-22-9-10-25(35)28-29(22)38-20-26(36)33-28;2*3-2(4,5)1(6)7/h4-6,9-10,19,24,31-32,35H,1-3,7-8,11-18,20H2,(H,33,36);2*(H,6,7). The van der Waals surface area contributed by atoms with Crippen LogP contribution in [0.15, 0.2) is 36.4 Å². The van der Waals surface area contributed by atoms with Crippen LogP contribution in [0.1, 0.15) is 49.7 Å². The van der Waals surface area contributed by atoms with E-state index in [1.54, 1.807) is 6.07 Å². The van der Waals surface area contributed by atoms with E-state index in [0.717, 1.165) is 36.4 Å². The zero-order chi connectivity index (χ0) is 38.9. The summed E-state index contributed by atoms with van der Waals surface area (Å²) in [7, 11) is 0. The maximum absolute atomic E-state index is 13.2. The number of amides is 2. The van der Waals surface area contributed by atoms with Crippen LogP contribution in [0.4, 0.5) is 32.0 Å². The third-order valence-electron chi connectivity index (χ3n) is 7.75. The molecule has 4 rings (SSSR count). The topological polar surface area (TPSA) is 178 Å². The van der Waals surface area contributed by atoms with E-state index in [2.05, 4.69) is 26.9 Å². The van der Waals surface area contributed by atoms with Crippen molar-refractivity contribution < 1.29 is 65.6 Å². The fraction of sp³-hybridized carbons (Fsp3) is 0.515. The van der Waals surface area contributed by atoms with Gasteiger partial charge in [0.2, 0.25) is 5.91 Å². The summed E-state index contributed by atoms with van der Waals surface area (Å²) in [5.74, 6) is -5.03. The van der Waals surface area contributed by atoms with E-state index in [1.807, 2.05) is 24.3 Å². The van der Waals surface area contributed by atoms with Gasteiger partial charge in [-0.1, -0.05) is 49.1 Å². The number of nitrogens with one attached hydrogen (secondary N) is 3. The molecule has 19 heteroatoms. The van der Waals surface area contributed by atoms with E-state index in [1.165, 1.54) is 24.8 Å². The van der Waals surface area contributed by atoms with E-state index in [4.69, 9.17) is 36.1 Å². The first-order chi connectivity index (χ1) is 24.4. The lowest BCUT2D eigenvalue weighted by Crippen LogP contribution is -2.45. The molecule has 1 aliphatic heterocycles. The number of phenolic OH excluding ortho intramolecular Hbond substituents is 1. The Balaban J connectivity index is 0.000000564. The number of fused-ring (bicyclic) bond motifs is 1. The third-order valence-corrected chi connectivity index (χ3v) is 7.98. The van der Waals surface area contributed by atoms with Gasteiger partial charge < -0.3 is 40.9 Å². The second-order valence-corrected chi connectivity index (χ2v) is 12.1. The molecule has 1 heterocycles. The molecule has 0 atom stereocenters. The number of carboxylic acid groups (broad SMARTS) is 2. The Hall–Kier alpha value is -4.29.